The third kappa shape index (κ3) is 6.57. The number of aromatic nitrogens is 1. The Kier molecular flexibility index (Phi) is 7.19. The van der Waals surface area contributed by atoms with Gasteiger partial charge in [-0.1, -0.05) is 19.9 Å². The van der Waals surface area contributed by atoms with Crippen LogP contribution in [-0.4, -0.2) is 43.1 Å². The van der Waals surface area contributed by atoms with Crippen LogP contribution in [0.3, 0.4) is 0 Å². The number of nitrogens with one attached hydrogen (secondary N) is 2. The fourth-order valence-corrected chi connectivity index (χ4v) is 3.68. The lowest BCUT2D eigenvalue weighted by Gasteiger charge is -2.36. The number of hydrogen-bond acceptors (Lipinski definition) is 5. The van der Waals surface area contributed by atoms with E-state index in [1.165, 1.54) is 12.1 Å². The molecule has 2 N–H and O–H groups in total. The third-order valence-electron chi connectivity index (χ3n) is 4.78. The molecule has 1 fully saturated rings. The van der Waals surface area contributed by atoms with E-state index in [-0.39, 0.29) is 25.0 Å². The van der Waals surface area contributed by atoms with Gasteiger partial charge in [-0.05, 0) is 54.7 Å². The molecule has 0 saturated carbocycles. The molecular formula is C22H28N4O3. The molecule has 0 unspecified atom stereocenters. The zero-order valence-electron chi connectivity index (χ0n) is 16.9. The van der Waals surface area contributed by atoms with E-state index < -0.39 is 0 Å². The van der Waals surface area contributed by atoms with Crippen LogP contribution >= 0.6 is 0 Å². The molecule has 1 aromatic heterocycles. The van der Waals surface area contributed by atoms with Crippen molar-refractivity contribution in [3.63, 3.8) is 0 Å². The highest BCUT2D eigenvalue weighted by molar-refractivity contribution is 5.93. The molecule has 0 bridgehead atoms. The van der Waals surface area contributed by atoms with Gasteiger partial charge in [0.2, 0.25) is 5.91 Å². The lowest BCUT2D eigenvalue weighted by Crippen LogP contribution is -2.38. The summed E-state index contributed by atoms with van der Waals surface area (Å²) in [4.78, 5) is 30.2. The maximum atomic E-state index is 12.0. The molecule has 29 heavy (non-hydrogen) atoms. The molecule has 0 spiro atoms. The number of pyridine rings is 1. The van der Waals surface area contributed by atoms with Crippen molar-refractivity contribution < 1.29 is 14.3 Å². The fraction of sp³-hybridized carbons (Fsp3) is 0.409. The van der Waals surface area contributed by atoms with Crippen LogP contribution in [0.25, 0.3) is 0 Å². The van der Waals surface area contributed by atoms with Crippen molar-refractivity contribution in [2.45, 2.75) is 20.3 Å². The molecule has 1 aromatic carbocycles. The second-order valence-electron chi connectivity index (χ2n) is 7.70. The van der Waals surface area contributed by atoms with Crippen LogP contribution in [0, 0.1) is 11.8 Å². The monoisotopic (exact) mass is 396 g/mol. The molecular weight excluding hydrogens is 368 g/mol. The second-order valence-corrected chi connectivity index (χ2v) is 7.70. The number of rotatable bonds is 7. The van der Waals surface area contributed by atoms with Crippen LogP contribution in [0.15, 0.2) is 48.7 Å². The van der Waals surface area contributed by atoms with E-state index in [1.54, 1.807) is 24.4 Å². The Morgan fingerprint density at radius 3 is 2.28 bits per heavy atom. The number of carbonyl (C=O) groups is 2. The summed E-state index contributed by atoms with van der Waals surface area (Å²) in [5.41, 5.74) is 1.88. The van der Waals surface area contributed by atoms with E-state index >= 15 is 0 Å². The molecule has 0 aliphatic carbocycles. The molecule has 2 amide bonds. The van der Waals surface area contributed by atoms with Crippen LogP contribution in [-0.2, 0) is 14.3 Å². The SMILES string of the molecule is C[C@@H]1C[C@@H](C)CN(c2ccc(NC(=O)COCC(=O)Nc3ccccn3)cc2)C1. The van der Waals surface area contributed by atoms with Crippen molar-refractivity contribution in [1.82, 2.24) is 4.98 Å². The molecule has 1 aliphatic heterocycles. The Labute approximate surface area is 171 Å². The number of nitrogens with zero attached hydrogens (tertiary/aromatic N) is 2. The predicted octanol–water partition coefficient (Wildman–Crippen LogP) is 3.16. The summed E-state index contributed by atoms with van der Waals surface area (Å²) < 4.78 is 5.18. The molecule has 7 heteroatoms. The fourth-order valence-electron chi connectivity index (χ4n) is 3.68. The summed E-state index contributed by atoms with van der Waals surface area (Å²) in [7, 11) is 0. The number of anilines is 3. The first-order valence-corrected chi connectivity index (χ1v) is 9.93. The smallest absolute Gasteiger partial charge is 0.251 e. The summed E-state index contributed by atoms with van der Waals surface area (Å²) in [6, 6.07) is 13.1. The minimum Gasteiger partial charge on any atom is -0.371 e. The Morgan fingerprint density at radius 2 is 1.66 bits per heavy atom. The summed E-state index contributed by atoms with van der Waals surface area (Å²) in [5, 5.41) is 5.38. The average Bonchev–Trinajstić information content (AvgIpc) is 2.68. The quantitative estimate of drug-likeness (QED) is 0.751. The Bertz CT molecular complexity index is 801. The molecule has 2 atom stereocenters. The van der Waals surface area contributed by atoms with Gasteiger partial charge in [0.15, 0.2) is 0 Å². The van der Waals surface area contributed by atoms with Gasteiger partial charge >= 0.3 is 0 Å². The summed E-state index contributed by atoms with van der Waals surface area (Å²) in [5.74, 6) is 1.16. The summed E-state index contributed by atoms with van der Waals surface area (Å²) >= 11 is 0. The average molecular weight is 396 g/mol. The minimum atomic E-state index is -0.356. The Hall–Kier alpha value is -2.93. The maximum Gasteiger partial charge on any atom is 0.251 e. The highest BCUT2D eigenvalue weighted by Gasteiger charge is 2.21. The Balaban J connectivity index is 1.40. The van der Waals surface area contributed by atoms with Crippen LogP contribution in [0.4, 0.5) is 17.2 Å². The number of carbonyl (C=O) groups excluding carboxylic acids is 2. The van der Waals surface area contributed by atoms with E-state index in [1.807, 2.05) is 24.3 Å². The normalized spacial score (nSPS) is 18.9. The molecule has 154 valence electrons. The van der Waals surface area contributed by atoms with Gasteiger partial charge < -0.3 is 20.3 Å². The lowest BCUT2D eigenvalue weighted by molar-refractivity contribution is -0.125. The van der Waals surface area contributed by atoms with Crippen molar-refractivity contribution in [3.05, 3.63) is 48.7 Å². The highest BCUT2D eigenvalue weighted by atomic mass is 16.5. The van der Waals surface area contributed by atoms with E-state index in [0.717, 1.165) is 13.1 Å². The van der Waals surface area contributed by atoms with Crippen molar-refractivity contribution in [3.8, 4) is 0 Å². The first-order valence-electron chi connectivity index (χ1n) is 9.93. The number of benzene rings is 1. The van der Waals surface area contributed by atoms with Gasteiger partial charge in [0.25, 0.3) is 5.91 Å². The molecule has 1 saturated heterocycles. The zero-order valence-corrected chi connectivity index (χ0v) is 16.9. The standard InChI is InChI=1S/C22H28N4O3/c1-16-11-17(2)13-26(12-16)19-8-6-18(7-9-19)24-21(27)14-29-15-22(28)25-20-5-3-4-10-23-20/h3-10,16-17H,11-15H2,1-2H3,(H,24,27)(H,23,25,28)/t16-,17-/m1/s1. The molecule has 0 radical (unpaired) electrons. The van der Waals surface area contributed by atoms with Crippen LogP contribution < -0.4 is 15.5 Å². The van der Waals surface area contributed by atoms with Gasteiger partial charge in [0.1, 0.15) is 19.0 Å². The number of piperidine rings is 1. The molecule has 2 heterocycles. The number of ether oxygens (including phenoxy) is 1. The number of hydrogen-bond donors (Lipinski definition) is 2. The molecule has 3 rings (SSSR count). The van der Waals surface area contributed by atoms with Gasteiger partial charge in [-0.25, -0.2) is 4.98 Å². The molecule has 7 nitrogen and oxygen atoms in total. The first kappa shape index (κ1) is 20.8. The van der Waals surface area contributed by atoms with Gasteiger partial charge in [-0.3, -0.25) is 9.59 Å². The van der Waals surface area contributed by atoms with Gasteiger partial charge in [-0.2, -0.15) is 0 Å². The van der Waals surface area contributed by atoms with E-state index in [9.17, 15) is 9.59 Å². The summed E-state index contributed by atoms with van der Waals surface area (Å²) in [6.07, 6.45) is 2.85. The van der Waals surface area contributed by atoms with E-state index in [4.69, 9.17) is 4.74 Å². The van der Waals surface area contributed by atoms with E-state index in [2.05, 4.69) is 34.4 Å². The Morgan fingerprint density at radius 1 is 1.00 bits per heavy atom. The van der Waals surface area contributed by atoms with Crippen molar-refractivity contribution in [1.29, 1.82) is 0 Å². The largest absolute Gasteiger partial charge is 0.371 e. The molecule has 2 aromatic rings. The number of amides is 2. The van der Waals surface area contributed by atoms with Gasteiger partial charge in [-0.15, -0.1) is 0 Å². The first-order chi connectivity index (χ1) is 14.0. The maximum absolute atomic E-state index is 12.0. The molecule has 1 aliphatic rings. The summed E-state index contributed by atoms with van der Waals surface area (Å²) in [6.45, 7) is 6.28. The zero-order chi connectivity index (χ0) is 20.6. The van der Waals surface area contributed by atoms with Crippen molar-refractivity contribution in [2.24, 2.45) is 11.8 Å². The minimum absolute atomic E-state index is 0.196. The van der Waals surface area contributed by atoms with Crippen LogP contribution in [0.2, 0.25) is 0 Å². The van der Waals surface area contributed by atoms with Crippen molar-refractivity contribution in [2.75, 3.05) is 41.8 Å². The highest BCUT2D eigenvalue weighted by Crippen LogP contribution is 2.27. The van der Waals surface area contributed by atoms with E-state index in [0.29, 0.717) is 23.3 Å². The van der Waals surface area contributed by atoms with Gasteiger partial charge in [0, 0.05) is 30.7 Å². The van der Waals surface area contributed by atoms with Crippen LogP contribution in [0.1, 0.15) is 20.3 Å². The lowest BCUT2D eigenvalue weighted by atomic mass is 9.91. The van der Waals surface area contributed by atoms with Gasteiger partial charge in [0.05, 0.1) is 0 Å². The predicted molar refractivity (Wildman–Crippen MR) is 114 cm³/mol. The second kappa shape index (κ2) is 10.0. The van der Waals surface area contributed by atoms with Crippen molar-refractivity contribution >= 4 is 29.0 Å². The topological polar surface area (TPSA) is 83.6 Å². The van der Waals surface area contributed by atoms with Crippen LogP contribution in [0.5, 0.6) is 0 Å². The third-order valence-corrected chi connectivity index (χ3v) is 4.78.